The van der Waals surface area contributed by atoms with Crippen molar-refractivity contribution >= 4 is 5.91 Å². The van der Waals surface area contributed by atoms with E-state index in [9.17, 15) is 4.79 Å². The van der Waals surface area contributed by atoms with Crippen LogP contribution in [0.4, 0.5) is 0 Å². The summed E-state index contributed by atoms with van der Waals surface area (Å²) in [5, 5.41) is 0. The highest BCUT2D eigenvalue weighted by molar-refractivity contribution is 5.73. The summed E-state index contributed by atoms with van der Waals surface area (Å²) >= 11 is 0. The van der Waals surface area contributed by atoms with Gasteiger partial charge in [0.25, 0.3) is 0 Å². The van der Waals surface area contributed by atoms with Crippen LogP contribution in [-0.2, 0) is 9.53 Å². The van der Waals surface area contributed by atoms with Crippen molar-refractivity contribution in [3.05, 3.63) is 0 Å². The molecule has 0 aromatic heterocycles. The molecule has 2 heterocycles. The van der Waals surface area contributed by atoms with Gasteiger partial charge in [-0.15, -0.1) is 0 Å². The van der Waals surface area contributed by atoms with Crippen LogP contribution in [0.25, 0.3) is 0 Å². The zero-order valence-corrected chi connectivity index (χ0v) is 12.4. The summed E-state index contributed by atoms with van der Waals surface area (Å²) in [5.41, 5.74) is 0. The number of carbonyl (C=O) groups excluding carboxylic acids is 1. The fraction of sp³-hybridized carbons (Fsp3) is 0.933. The summed E-state index contributed by atoms with van der Waals surface area (Å²) in [4.78, 5) is 15.7. The number of rotatable bonds is 4. The quantitative estimate of drug-likeness (QED) is 0.778. The first kappa shape index (κ1) is 14.8. The zero-order chi connectivity index (χ0) is 13.7. The Balaban J connectivity index is 1.56. The van der Waals surface area contributed by atoms with Crippen molar-refractivity contribution in [3.63, 3.8) is 0 Å². The molecule has 110 valence electrons. The van der Waals surface area contributed by atoms with Crippen LogP contribution < -0.4 is 0 Å². The lowest BCUT2D eigenvalue weighted by atomic mass is 9.99. The van der Waals surface area contributed by atoms with E-state index in [4.69, 9.17) is 4.74 Å². The Hall–Kier alpha value is -0.610. The number of piperidine rings is 2. The van der Waals surface area contributed by atoms with E-state index in [1.165, 1.54) is 25.9 Å². The minimum absolute atomic E-state index is 0.195. The fourth-order valence-electron chi connectivity index (χ4n) is 2.97. The number of carbonyl (C=O) groups is 1. The lowest BCUT2D eigenvalue weighted by Crippen LogP contribution is -2.41. The van der Waals surface area contributed by atoms with Gasteiger partial charge in [0.1, 0.15) is 0 Å². The minimum Gasteiger partial charge on any atom is -0.377 e. The molecule has 2 aliphatic rings. The molecule has 0 aromatic rings. The van der Waals surface area contributed by atoms with Crippen LogP contribution >= 0.6 is 0 Å². The molecule has 2 aliphatic heterocycles. The molecule has 2 fully saturated rings. The van der Waals surface area contributed by atoms with Crippen molar-refractivity contribution in [2.75, 3.05) is 39.3 Å². The highest BCUT2D eigenvalue weighted by Crippen LogP contribution is 2.16. The molecule has 0 N–H and O–H groups in total. The molecule has 2 rings (SSSR count). The van der Waals surface area contributed by atoms with Gasteiger partial charge < -0.3 is 14.5 Å². The van der Waals surface area contributed by atoms with Crippen molar-refractivity contribution in [3.8, 4) is 0 Å². The maximum atomic E-state index is 11.2. The molecule has 0 atom stereocenters. The molecule has 0 bridgehead atoms. The second-order valence-electron chi connectivity index (χ2n) is 6.10. The van der Waals surface area contributed by atoms with E-state index in [0.717, 1.165) is 45.0 Å². The molecule has 0 saturated carbocycles. The van der Waals surface area contributed by atoms with Crippen molar-refractivity contribution in [1.29, 1.82) is 0 Å². The number of likely N-dealkylation sites (tertiary alicyclic amines) is 2. The maximum absolute atomic E-state index is 11.2. The van der Waals surface area contributed by atoms with Gasteiger partial charge in [0.05, 0.1) is 12.7 Å². The average Bonchev–Trinajstić information content (AvgIpc) is 2.41. The monoisotopic (exact) mass is 268 g/mol. The first-order valence-corrected chi connectivity index (χ1v) is 7.74. The summed E-state index contributed by atoms with van der Waals surface area (Å²) in [7, 11) is 0. The molecule has 2 saturated heterocycles. The van der Waals surface area contributed by atoms with Crippen LogP contribution in [0.3, 0.4) is 0 Å². The number of amides is 1. The predicted octanol–water partition coefficient (Wildman–Crippen LogP) is 1.75. The summed E-state index contributed by atoms with van der Waals surface area (Å²) in [6.45, 7) is 10.1. The molecule has 4 nitrogen and oxygen atoms in total. The third kappa shape index (κ3) is 4.77. The minimum atomic E-state index is 0.195. The van der Waals surface area contributed by atoms with Crippen molar-refractivity contribution in [1.82, 2.24) is 9.80 Å². The molecule has 4 heteroatoms. The number of hydrogen-bond acceptors (Lipinski definition) is 3. The SMILES string of the molecule is CC(=O)N1CCC(OCCN2CCC(C)CC2)CC1. The fourth-order valence-corrected chi connectivity index (χ4v) is 2.97. The zero-order valence-electron chi connectivity index (χ0n) is 12.4. The average molecular weight is 268 g/mol. The van der Waals surface area contributed by atoms with E-state index in [0.29, 0.717) is 6.10 Å². The van der Waals surface area contributed by atoms with Gasteiger partial charge >= 0.3 is 0 Å². The van der Waals surface area contributed by atoms with Gasteiger partial charge in [-0.3, -0.25) is 4.79 Å². The second kappa shape index (κ2) is 7.25. The lowest BCUT2D eigenvalue weighted by Gasteiger charge is -2.33. The van der Waals surface area contributed by atoms with Crippen molar-refractivity contribution < 1.29 is 9.53 Å². The molecule has 0 spiro atoms. The van der Waals surface area contributed by atoms with E-state index < -0.39 is 0 Å². The van der Waals surface area contributed by atoms with Crippen molar-refractivity contribution in [2.24, 2.45) is 5.92 Å². The van der Waals surface area contributed by atoms with Crippen LogP contribution in [0.5, 0.6) is 0 Å². The van der Waals surface area contributed by atoms with Gasteiger partial charge in [0.2, 0.25) is 5.91 Å². The summed E-state index contributed by atoms with van der Waals surface area (Å²) in [5.74, 6) is 1.09. The van der Waals surface area contributed by atoms with Gasteiger partial charge in [-0.2, -0.15) is 0 Å². The van der Waals surface area contributed by atoms with Crippen LogP contribution in [0.15, 0.2) is 0 Å². The van der Waals surface area contributed by atoms with Crippen LogP contribution in [0.1, 0.15) is 39.5 Å². The third-order valence-corrected chi connectivity index (χ3v) is 4.52. The molecule has 19 heavy (non-hydrogen) atoms. The Bertz CT molecular complexity index is 280. The summed E-state index contributed by atoms with van der Waals surface area (Å²) in [6.07, 6.45) is 5.01. The highest BCUT2D eigenvalue weighted by atomic mass is 16.5. The van der Waals surface area contributed by atoms with Gasteiger partial charge in [0.15, 0.2) is 0 Å². The Morgan fingerprint density at radius 3 is 2.32 bits per heavy atom. The molecule has 0 radical (unpaired) electrons. The number of hydrogen-bond donors (Lipinski definition) is 0. The Labute approximate surface area is 117 Å². The van der Waals surface area contributed by atoms with E-state index in [1.807, 2.05) is 4.90 Å². The van der Waals surface area contributed by atoms with Crippen LogP contribution in [0, 0.1) is 5.92 Å². The molecule has 0 aliphatic carbocycles. The highest BCUT2D eigenvalue weighted by Gasteiger charge is 2.21. The molecule has 1 amide bonds. The van der Waals surface area contributed by atoms with Crippen LogP contribution in [0.2, 0.25) is 0 Å². The lowest BCUT2D eigenvalue weighted by molar-refractivity contribution is -0.131. The molecule has 0 unspecified atom stereocenters. The number of ether oxygens (including phenoxy) is 1. The first-order valence-electron chi connectivity index (χ1n) is 7.74. The number of nitrogens with zero attached hydrogens (tertiary/aromatic N) is 2. The Kier molecular flexibility index (Phi) is 5.64. The molecule has 0 aromatic carbocycles. The van der Waals surface area contributed by atoms with Gasteiger partial charge in [-0.1, -0.05) is 6.92 Å². The van der Waals surface area contributed by atoms with Gasteiger partial charge in [0, 0.05) is 26.6 Å². The summed E-state index contributed by atoms with van der Waals surface area (Å²) in [6, 6.07) is 0. The van der Waals surface area contributed by atoms with Gasteiger partial charge in [-0.25, -0.2) is 0 Å². The van der Waals surface area contributed by atoms with E-state index >= 15 is 0 Å². The summed E-state index contributed by atoms with van der Waals surface area (Å²) < 4.78 is 5.96. The van der Waals surface area contributed by atoms with E-state index in [2.05, 4.69) is 11.8 Å². The van der Waals surface area contributed by atoms with Gasteiger partial charge in [-0.05, 0) is 44.7 Å². The smallest absolute Gasteiger partial charge is 0.219 e. The second-order valence-corrected chi connectivity index (χ2v) is 6.10. The topological polar surface area (TPSA) is 32.8 Å². The first-order chi connectivity index (χ1) is 9.15. The van der Waals surface area contributed by atoms with Crippen molar-refractivity contribution in [2.45, 2.75) is 45.6 Å². The normalized spacial score (nSPS) is 23.8. The Morgan fingerprint density at radius 1 is 1.11 bits per heavy atom. The predicted molar refractivity (Wildman–Crippen MR) is 76.1 cm³/mol. The third-order valence-electron chi connectivity index (χ3n) is 4.52. The molecular formula is C15H28N2O2. The standard InChI is InChI=1S/C15H28N2O2/c1-13-3-7-16(8-4-13)11-12-19-15-5-9-17(10-6-15)14(2)18/h13,15H,3-12H2,1-2H3. The molecular weight excluding hydrogens is 240 g/mol. The Morgan fingerprint density at radius 2 is 1.74 bits per heavy atom. The van der Waals surface area contributed by atoms with E-state index in [-0.39, 0.29) is 5.91 Å². The maximum Gasteiger partial charge on any atom is 0.219 e. The van der Waals surface area contributed by atoms with E-state index in [1.54, 1.807) is 6.92 Å². The largest absolute Gasteiger partial charge is 0.377 e. The van der Waals surface area contributed by atoms with Crippen LogP contribution in [-0.4, -0.2) is 61.1 Å².